The van der Waals surface area contributed by atoms with Gasteiger partial charge in [-0.1, -0.05) is 30.3 Å². The number of ether oxygens (including phenoxy) is 1. The predicted octanol–water partition coefficient (Wildman–Crippen LogP) is 3.59. The first-order valence-electron chi connectivity index (χ1n) is 6.36. The van der Waals surface area contributed by atoms with E-state index in [0.717, 1.165) is 19.4 Å². The Balaban J connectivity index is 1.65. The Morgan fingerprint density at radius 1 is 1.06 bits per heavy atom. The molecule has 3 heteroatoms. The fourth-order valence-electron chi connectivity index (χ4n) is 2.04. The van der Waals surface area contributed by atoms with Gasteiger partial charge in [0.25, 0.3) is 0 Å². The van der Waals surface area contributed by atoms with Gasteiger partial charge in [-0.05, 0) is 38.0 Å². The predicted molar refractivity (Wildman–Crippen MR) is 72.5 cm³/mol. The van der Waals surface area contributed by atoms with E-state index in [0.29, 0.717) is 12.2 Å². The lowest BCUT2D eigenvalue weighted by atomic mass is 9.92. The molecular formula is C14H22O2Si. The Bertz CT molecular complexity index is 339. The molecule has 0 spiro atoms. The first-order chi connectivity index (χ1) is 8.03. The summed E-state index contributed by atoms with van der Waals surface area (Å²) in [7, 11) is -1.36. The Labute approximate surface area is 105 Å². The molecule has 94 valence electrons. The first-order valence-corrected chi connectivity index (χ1v) is 9.77. The van der Waals surface area contributed by atoms with Crippen LogP contribution in [0.1, 0.15) is 18.4 Å². The van der Waals surface area contributed by atoms with Crippen LogP contribution in [0.25, 0.3) is 0 Å². The standard InChI is InChI=1S/C14H22O2Si/c1-17(2,3)16-14-9-13(10-14)15-11-12-7-5-4-6-8-12/h4-8,13-14H,9-11H2,1-3H3/t13-,14+. The van der Waals surface area contributed by atoms with E-state index >= 15 is 0 Å². The van der Waals surface area contributed by atoms with Crippen LogP contribution in [-0.2, 0) is 15.8 Å². The van der Waals surface area contributed by atoms with E-state index in [1.54, 1.807) is 0 Å². The summed E-state index contributed by atoms with van der Waals surface area (Å²) in [6.07, 6.45) is 2.98. The fourth-order valence-corrected chi connectivity index (χ4v) is 3.23. The smallest absolute Gasteiger partial charge is 0.184 e. The van der Waals surface area contributed by atoms with E-state index in [-0.39, 0.29) is 0 Å². The van der Waals surface area contributed by atoms with Crippen molar-refractivity contribution in [2.75, 3.05) is 0 Å². The molecule has 0 aromatic heterocycles. The van der Waals surface area contributed by atoms with Gasteiger partial charge < -0.3 is 9.16 Å². The van der Waals surface area contributed by atoms with Crippen molar-refractivity contribution >= 4 is 8.32 Å². The number of benzene rings is 1. The summed E-state index contributed by atoms with van der Waals surface area (Å²) in [5.74, 6) is 0. The largest absolute Gasteiger partial charge is 0.415 e. The molecule has 0 atom stereocenters. The lowest BCUT2D eigenvalue weighted by molar-refractivity contribution is -0.0710. The molecule has 1 aromatic rings. The van der Waals surface area contributed by atoms with Crippen molar-refractivity contribution in [2.45, 2.75) is 51.3 Å². The second-order valence-electron chi connectivity index (χ2n) is 5.74. The highest BCUT2D eigenvalue weighted by Gasteiger charge is 2.33. The van der Waals surface area contributed by atoms with Crippen LogP contribution in [-0.4, -0.2) is 20.5 Å². The molecule has 1 aliphatic carbocycles. The minimum atomic E-state index is -1.36. The van der Waals surface area contributed by atoms with E-state index < -0.39 is 8.32 Å². The van der Waals surface area contributed by atoms with Gasteiger partial charge in [0.1, 0.15) is 0 Å². The molecule has 1 aromatic carbocycles. The normalized spacial score (nSPS) is 24.4. The molecule has 1 fully saturated rings. The maximum Gasteiger partial charge on any atom is 0.184 e. The average Bonchev–Trinajstić information content (AvgIpc) is 2.21. The molecule has 0 unspecified atom stereocenters. The van der Waals surface area contributed by atoms with Crippen molar-refractivity contribution in [3.8, 4) is 0 Å². The zero-order chi connectivity index (χ0) is 12.3. The summed E-state index contributed by atoms with van der Waals surface area (Å²) in [5, 5.41) is 0. The fraction of sp³-hybridized carbons (Fsp3) is 0.571. The van der Waals surface area contributed by atoms with Gasteiger partial charge in [0, 0.05) is 6.10 Å². The Morgan fingerprint density at radius 3 is 2.29 bits per heavy atom. The van der Waals surface area contributed by atoms with Crippen LogP contribution in [0.5, 0.6) is 0 Å². The van der Waals surface area contributed by atoms with E-state index in [1.807, 2.05) is 6.07 Å². The summed E-state index contributed by atoms with van der Waals surface area (Å²) in [5.41, 5.74) is 1.25. The van der Waals surface area contributed by atoms with Crippen LogP contribution >= 0.6 is 0 Å². The van der Waals surface area contributed by atoms with Gasteiger partial charge in [0.2, 0.25) is 0 Å². The maximum atomic E-state index is 6.01. The first kappa shape index (κ1) is 12.8. The summed E-state index contributed by atoms with van der Waals surface area (Å²) in [6, 6.07) is 10.3. The monoisotopic (exact) mass is 250 g/mol. The summed E-state index contributed by atoms with van der Waals surface area (Å²) < 4.78 is 11.9. The van der Waals surface area contributed by atoms with E-state index in [2.05, 4.69) is 43.9 Å². The van der Waals surface area contributed by atoms with Gasteiger partial charge in [0.15, 0.2) is 8.32 Å². The zero-order valence-corrected chi connectivity index (χ0v) is 12.0. The highest BCUT2D eigenvalue weighted by atomic mass is 28.4. The number of hydrogen-bond acceptors (Lipinski definition) is 2. The summed E-state index contributed by atoms with van der Waals surface area (Å²) >= 11 is 0. The average molecular weight is 250 g/mol. The molecule has 0 aliphatic heterocycles. The SMILES string of the molecule is C[Si](C)(C)O[C@H]1C[C@@H](OCc2ccccc2)C1. The third-order valence-corrected chi connectivity index (χ3v) is 3.94. The van der Waals surface area contributed by atoms with Gasteiger partial charge in [-0.3, -0.25) is 0 Å². The molecule has 1 saturated carbocycles. The van der Waals surface area contributed by atoms with Crippen molar-refractivity contribution in [3.63, 3.8) is 0 Å². The van der Waals surface area contributed by atoms with Crippen LogP contribution in [0.4, 0.5) is 0 Å². The molecule has 0 heterocycles. The van der Waals surface area contributed by atoms with Gasteiger partial charge in [-0.25, -0.2) is 0 Å². The lowest BCUT2D eigenvalue weighted by Gasteiger charge is -2.38. The van der Waals surface area contributed by atoms with Gasteiger partial charge >= 0.3 is 0 Å². The van der Waals surface area contributed by atoms with Crippen LogP contribution < -0.4 is 0 Å². The molecule has 2 nitrogen and oxygen atoms in total. The molecule has 0 N–H and O–H groups in total. The van der Waals surface area contributed by atoms with Gasteiger partial charge in [-0.2, -0.15) is 0 Å². The quantitative estimate of drug-likeness (QED) is 0.744. The number of rotatable bonds is 5. The molecule has 17 heavy (non-hydrogen) atoms. The van der Waals surface area contributed by atoms with Crippen LogP contribution in [0, 0.1) is 0 Å². The molecule has 0 bridgehead atoms. The van der Waals surface area contributed by atoms with Gasteiger partial charge in [-0.15, -0.1) is 0 Å². The third-order valence-electron chi connectivity index (χ3n) is 2.90. The molecule has 1 aliphatic rings. The summed E-state index contributed by atoms with van der Waals surface area (Å²) in [4.78, 5) is 0. The topological polar surface area (TPSA) is 18.5 Å². The van der Waals surface area contributed by atoms with Crippen molar-refractivity contribution in [1.29, 1.82) is 0 Å². The lowest BCUT2D eigenvalue weighted by Crippen LogP contribution is -2.43. The van der Waals surface area contributed by atoms with Crippen LogP contribution in [0.15, 0.2) is 30.3 Å². The Kier molecular flexibility index (Phi) is 4.02. The Hall–Kier alpha value is -0.643. The molecule has 0 amide bonds. The van der Waals surface area contributed by atoms with E-state index in [9.17, 15) is 0 Å². The van der Waals surface area contributed by atoms with Crippen molar-refractivity contribution in [3.05, 3.63) is 35.9 Å². The minimum absolute atomic E-state index is 0.400. The van der Waals surface area contributed by atoms with Crippen molar-refractivity contribution in [1.82, 2.24) is 0 Å². The second-order valence-corrected chi connectivity index (χ2v) is 10.2. The molecule has 0 radical (unpaired) electrons. The minimum Gasteiger partial charge on any atom is -0.415 e. The molecule has 2 rings (SSSR count). The van der Waals surface area contributed by atoms with Crippen LogP contribution in [0.2, 0.25) is 19.6 Å². The van der Waals surface area contributed by atoms with Crippen LogP contribution in [0.3, 0.4) is 0 Å². The highest BCUT2D eigenvalue weighted by Crippen LogP contribution is 2.29. The zero-order valence-electron chi connectivity index (χ0n) is 11.0. The number of hydrogen-bond donors (Lipinski definition) is 0. The molecule has 0 saturated heterocycles. The molecular weight excluding hydrogens is 228 g/mol. The maximum absolute atomic E-state index is 6.01. The third kappa shape index (κ3) is 4.26. The van der Waals surface area contributed by atoms with E-state index in [4.69, 9.17) is 9.16 Å². The Morgan fingerprint density at radius 2 is 1.71 bits per heavy atom. The highest BCUT2D eigenvalue weighted by molar-refractivity contribution is 6.69. The van der Waals surface area contributed by atoms with E-state index in [1.165, 1.54) is 5.56 Å². The summed E-state index contributed by atoms with van der Waals surface area (Å²) in [6.45, 7) is 7.45. The van der Waals surface area contributed by atoms with Crippen molar-refractivity contribution < 1.29 is 9.16 Å². The second kappa shape index (κ2) is 5.34. The van der Waals surface area contributed by atoms with Gasteiger partial charge in [0.05, 0.1) is 12.7 Å². The van der Waals surface area contributed by atoms with Crippen molar-refractivity contribution in [2.24, 2.45) is 0 Å².